The van der Waals surface area contributed by atoms with Gasteiger partial charge in [0.15, 0.2) is 10.8 Å². The second-order valence-electron chi connectivity index (χ2n) is 4.32. The Hall–Kier alpha value is -2.00. The van der Waals surface area contributed by atoms with Crippen LogP contribution in [-0.4, -0.2) is 36.4 Å². The number of hydrogen-bond donors (Lipinski definition) is 1. The molecule has 0 aromatic carbocycles. The van der Waals surface area contributed by atoms with E-state index in [9.17, 15) is 4.79 Å². The van der Waals surface area contributed by atoms with Crippen molar-refractivity contribution in [1.82, 2.24) is 24.7 Å². The lowest BCUT2D eigenvalue weighted by Gasteiger charge is -2.02. The molecule has 0 aliphatic rings. The fraction of sp³-hybridized carbons (Fsp3) is 0.250. The van der Waals surface area contributed by atoms with E-state index in [-0.39, 0.29) is 11.7 Å². The Morgan fingerprint density at radius 1 is 1.48 bits per heavy atom. The Labute approximate surface area is 128 Å². The normalized spacial score (nSPS) is 11.0. The third-order valence-electron chi connectivity index (χ3n) is 2.70. The number of rotatable bonds is 4. The highest BCUT2D eigenvalue weighted by atomic mass is 32.2. The number of nitrogens with one attached hydrogen (secondary N) is 1. The first-order valence-electron chi connectivity index (χ1n) is 6.11. The van der Waals surface area contributed by atoms with Gasteiger partial charge in [-0.1, -0.05) is 11.8 Å². The molecular weight excluding hydrogens is 308 g/mol. The minimum atomic E-state index is -0.106. The number of hydrogen-bond acceptors (Lipinski definition) is 7. The van der Waals surface area contributed by atoms with Crippen molar-refractivity contribution in [2.75, 3.05) is 11.1 Å². The number of thiazole rings is 1. The van der Waals surface area contributed by atoms with E-state index in [1.807, 2.05) is 19.4 Å². The largest absolute Gasteiger partial charge is 0.301 e. The molecule has 0 aliphatic heterocycles. The minimum absolute atomic E-state index is 0.106. The maximum absolute atomic E-state index is 11.9. The first kappa shape index (κ1) is 14.0. The number of aryl methyl sites for hydroxylation is 2. The van der Waals surface area contributed by atoms with Gasteiger partial charge in [-0.25, -0.2) is 15.0 Å². The third kappa shape index (κ3) is 3.03. The summed E-state index contributed by atoms with van der Waals surface area (Å²) in [5, 5.41) is 11.0. The van der Waals surface area contributed by atoms with Crippen molar-refractivity contribution in [3.63, 3.8) is 0 Å². The third-order valence-corrected chi connectivity index (χ3v) is 4.58. The highest BCUT2D eigenvalue weighted by Gasteiger charge is 2.11. The summed E-state index contributed by atoms with van der Waals surface area (Å²) in [7, 11) is 1.82. The summed E-state index contributed by atoms with van der Waals surface area (Å²) in [6.45, 7) is 1.89. The number of carbonyl (C=O) groups excluding carboxylic acids is 1. The van der Waals surface area contributed by atoms with Gasteiger partial charge in [-0.3, -0.25) is 9.48 Å². The quantitative estimate of drug-likeness (QED) is 0.583. The molecule has 3 rings (SSSR count). The summed E-state index contributed by atoms with van der Waals surface area (Å²) >= 11 is 2.77. The van der Waals surface area contributed by atoms with E-state index in [1.165, 1.54) is 29.4 Å². The van der Waals surface area contributed by atoms with E-state index in [4.69, 9.17) is 0 Å². The van der Waals surface area contributed by atoms with E-state index < -0.39 is 0 Å². The van der Waals surface area contributed by atoms with E-state index in [0.29, 0.717) is 5.13 Å². The Kier molecular flexibility index (Phi) is 3.84. The SMILES string of the molecule is Cc1csc(NC(=O)CSc2ncnc3c2cnn3C)n1. The molecule has 0 spiro atoms. The molecule has 108 valence electrons. The van der Waals surface area contributed by atoms with Crippen molar-refractivity contribution in [2.45, 2.75) is 11.9 Å². The van der Waals surface area contributed by atoms with Crippen molar-refractivity contribution in [3.8, 4) is 0 Å². The Morgan fingerprint density at radius 2 is 2.33 bits per heavy atom. The topological polar surface area (TPSA) is 85.6 Å². The summed E-state index contributed by atoms with van der Waals surface area (Å²) in [5.41, 5.74) is 1.65. The summed E-state index contributed by atoms with van der Waals surface area (Å²) in [4.78, 5) is 24.5. The standard InChI is InChI=1S/C12H12N6OS2/c1-7-4-21-12(16-7)17-9(19)5-20-11-8-3-15-18(2)10(8)13-6-14-11/h3-4,6H,5H2,1-2H3,(H,16,17,19). The molecule has 3 aromatic rings. The fourth-order valence-electron chi connectivity index (χ4n) is 1.76. The van der Waals surface area contributed by atoms with Gasteiger partial charge < -0.3 is 5.32 Å². The van der Waals surface area contributed by atoms with Crippen LogP contribution in [0.5, 0.6) is 0 Å². The van der Waals surface area contributed by atoms with Crippen LogP contribution in [0.2, 0.25) is 0 Å². The highest BCUT2D eigenvalue weighted by molar-refractivity contribution is 8.00. The maximum Gasteiger partial charge on any atom is 0.236 e. The lowest BCUT2D eigenvalue weighted by molar-refractivity contribution is -0.113. The van der Waals surface area contributed by atoms with Crippen LogP contribution >= 0.6 is 23.1 Å². The van der Waals surface area contributed by atoms with Gasteiger partial charge in [-0.15, -0.1) is 11.3 Å². The van der Waals surface area contributed by atoms with Crippen LogP contribution in [0.4, 0.5) is 5.13 Å². The molecule has 0 saturated heterocycles. The average molecular weight is 320 g/mol. The predicted molar refractivity (Wildman–Crippen MR) is 82.5 cm³/mol. The van der Waals surface area contributed by atoms with Gasteiger partial charge in [0.2, 0.25) is 5.91 Å². The van der Waals surface area contributed by atoms with Gasteiger partial charge in [-0.2, -0.15) is 5.10 Å². The lowest BCUT2D eigenvalue weighted by Crippen LogP contribution is -2.14. The molecular formula is C12H12N6OS2. The van der Waals surface area contributed by atoms with Crippen molar-refractivity contribution in [2.24, 2.45) is 7.05 Å². The number of anilines is 1. The van der Waals surface area contributed by atoms with Gasteiger partial charge in [-0.05, 0) is 6.92 Å². The van der Waals surface area contributed by atoms with E-state index in [0.717, 1.165) is 21.8 Å². The molecule has 0 fully saturated rings. The Bertz CT molecular complexity index is 796. The molecule has 3 aromatic heterocycles. The molecule has 0 atom stereocenters. The molecule has 0 unspecified atom stereocenters. The number of fused-ring (bicyclic) bond motifs is 1. The summed E-state index contributed by atoms with van der Waals surface area (Å²) < 4.78 is 1.68. The van der Waals surface area contributed by atoms with Gasteiger partial charge in [0, 0.05) is 12.4 Å². The van der Waals surface area contributed by atoms with Crippen molar-refractivity contribution >= 4 is 45.2 Å². The molecule has 0 aliphatic carbocycles. The van der Waals surface area contributed by atoms with Gasteiger partial charge in [0.1, 0.15) is 11.4 Å². The van der Waals surface area contributed by atoms with Crippen LogP contribution in [0.15, 0.2) is 22.9 Å². The summed E-state index contributed by atoms with van der Waals surface area (Å²) in [6, 6.07) is 0. The zero-order valence-electron chi connectivity index (χ0n) is 11.4. The summed E-state index contributed by atoms with van der Waals surface area (Å²) in [6.07, 6.45) is 3.19. The van der Waals surface area contributed by atoms with Crippen molar-refractivity contribution < 1.29 is 4.79 Å². The van der Waals surface area contributed by atoms with Crippen molar-refractivity contribution in [3.05, 3.63) is 23.6 Å². The molecule has 0 bridgehead atoms. The number of carbonyl (C=O) groups is 1. The first-order valence-corrected chi connectivity index (χ1v) is 7.97. The number of nitrogens with zero attached hydrogens (tertiary/aromatic N) is 5. The van der Waals surface area contributed by atoms with Crippen LogP contribution in [0.3, 0.4) is 0 Å². The second-order valence-corrected chi connectivity index (χ2v) is 6.14. The summed E-state index contributed by atoms with van der Waals surface area (Å²) in [5.74, 6) is 0.157. The Balaban J connectivity index is 1.67. The van der Waals surface area contributed by atoms with Gasteiger partial charge in [0.05, 0.1) is 23.0 Å². The zero-order valence-corrected chi connectivity index (χ0v) is 13.0. The molecule has 7 nitrogen and oxygen atoms in total. The van der Waals surface area contributed by atoms with E-state index in [1.54, 1.807) is 10.9 Å². The van der Waals surface area contributed by atoms with Crippen LogP contribution in [0.1, 0.15) is 5.69 Å². The first-order chi connectivity index (χ1) is 10.1. The van der Waals surface area contributed by atoms with Gasteiger partial charge >= 0.3 is 0 Å². The Morgan fingerprint density at radius 3 is 3.10 bits per heavy atom. The average Bonchev–Trinajstić information content (AvgIpc) is 3.04. The van der Waals surface area contributed by atoms with Gasteiger partial charge in [0.25, 0.3) is 0 Å². The van der Waals surface area contributed by atoms with E-state index in [2.05, 4.69) is 25.4 Å². The molecule has 9 heteroatoms. The highest BCUT2D eigenvalue weighted by Crippen LogP contribution is 2.24. The molecule has 21 heavy (non-hydrogen) atoms. The number of amides is 1. The smallest absolute Gasteiger partial charge is 0.236 e. The molecule has 1 amide bonds. The van der Waals surface area contributed by atoms with Crippen LogP contribution in [0.25, 0.3) is 11.0 Å². The van der Waals surface area contributed by atoms with Crippen LogP contribution in [-0.2, 0) is 11.8 Å². The number of aromatic nitrogens is 5. The van der Waals surface area contributed by atoms with Crippen LogP contribution < -0.4 is 5.32 Å². The molecule has 0 saturated carbocycles. The molecule has 0 radical (unpaired) electrons. The monoisotopic (exact) mass is 320 g/mol. The van der Waals surface area contributed by atoms with Crippen molar-refractivity contribution in [1.29, 1.82) is 0 Å². The second kappa shape index (κ2) is 5.78. The lowest BCUT2D eigenvalue weighted by atomic mass is 10.4. The minimum Gasteiger partial charge on any atom is -0.301 e. The maximum atomic E-state index is 11.9. The predicted octanol–water partition coefficient (Wildman–Crippen LogP) is 1.86. The van der Waals surface area contributed by atoms with E-state index >= 15 is 0 Å². The van der Waals surface area contributed by atoms with Crippen LogP contribution in [0, 0.1) is 6.92 Å². The number of thioether (sulfide) groups is 1. The fourth-order valence-corrected chi connectivity index (χ4v) is 3.22. The molecule has 1 N–H and O–H groups in total. The molecule has 3 heterocycles. The zero-order chi connectivity index (χ0) is 14.8.